The van der Waals surface area contributed by atoms with E-state index in [-0.39, 0.29) is 0 Å². The van der Waals surface area contributed by atoms with Crippen LogP contribution in [0.2, 0.25) is 0 Å². The Morgan fingerprint density at radius 2 is 2.05 bits per heavy atom. The molecule has 108 valence electrons. The molecule has 7 heteroatoms. The van der Waals surface area contributed by atoms with Gasteiger partial charge in [-0.25, -0.2) is 8.78 Å². The predicted molar refractivity (Wildman–Crippen MR) is 68.7 cm³/mol. The molecule has 0 aliphatic carbocycles. The van der Waals surface area contributed by atoms with Crippen LogP contribution in [-0.2, 0) is 11.8 Å². The number of aryl methyl sites for hydroxylation is 1. The molecule has 1 aromatic heterocycles. The Morgan fingerprint density at radius 3 is 2.63 bits per heavy atom. The molecule has 0 amide bonds. The summed E-state index contributed by atoms with van der Waals surface area (Å²) in [5.41, 5.74) is 1.14. The van der Waals surface area contributed by atoms with E-state index in [9.17, 15) is 8.78 Å². The number of halogens is 2. The van der Waals surface area contributed by atoms with Crippen molar-refractivity contribution in [3.8, 4) is 0 Å². The fraction of sp³-hybridized carbons (Fsp3) is 0.750. The van der Waals surface area contributed by atoms with E-state index in [4.69, 9.17) is 4.74 Å². The first-order valence-electron chi connectivity index (χ1n) is 6.47. The molecule has 1 saturated heterocycles. The summed E-state index contributed by atoms with van der Waals surface area (Å²) in [6.45, 7) is 4.33. The smallest absolute Gasteiger partial charge is 0.261 e. The van der Waals surface area contributed by atoms with Gasteiger partial charge in [0.25, 0.3) is 6.43 Å². The molecule has 2 heterocycles. The Morgan fingerprint density at radius 1 is 1.32 bits per heavy atom. The van der Waals surface area contributed by atoms with Gasteiger partial charge in [0.1, 0.15) is 6.61 Å². The molecule has 2 rings (SSSR count). The summed E-state index contributed by atoms with van der Waals surface area (Å²) >= 11 is 0. The number of hydrogen-bond donors (Lipinski definition) is 0. The second-order valence-corrected chi connectivity index (χ2v) is 4.67. The van der Waals surface area contributed by atoms with Gasteiger partial charge in [0.2, 0.25) is 0 Å². The van der Waals surface area contributed by atoms with Crippen LogP contribution in [0.25, 0.3) is 0 Å². The Hall–Kier alpha value is -1.21. The Labute approximate surface area is 111 Å². The third-order valence-electron chi connectivity index (χ3n) is 3.22. The summed E-state index contributed by atoms with van der Waals surface area (Å²) in [6.07, 6.45) is 1.49. The van der Waals surface area contributed by atoms with Gasteiger partial charge in [0.05, 0.1) is 18.5 Å². The minimum Gasteiger partial charge on any atom is -0.374 e. The molecule has 0 aromatic carbocycles. The fourth-order valence-electron chi connectivity index (χ4n) is 2.17. The molecule has 0 atom stereocenters. The van der Waals surface area contributed by atoms with Gasteiger partial charge in [-0.1, -0.05) is 0 Å². The summed E-state index contributed by atoms with van der Waals surface area (Å²) in [5.74, 6) is 0. The van der Waals surface area contributed by atoms with E-state index >= 15 is 0 Å². The largest absolute Gasteiger partial charge is 0.374 e. The molecule has 19 heavy (non-hydrogen) atoms. The van der Waals surface area contributed by atoms with E-state index in [0.29, 0.717) is 13.2 Å². The molecule has 0 spiro atoms. The van der Waals surface area contributed by atoms with Crippen LogP contribution in [0.15, 0.2) is 12.4 Å². The lowest BCUT2D eigenvalue weighted by atomic mass is 10.3. The van der Waals surface area contributed by atoms with Crippen LogP contribution in [0.3, 0.4) is 0 Å². The highest BCUT2D eigenvalue weighted by atomic mass is 19.3. The van der Waals surface area contributed by atoms with Crippen molar-refractivity contribution in [1.82, 2.24) is 14.7 Å². The molecular weight excluding hydrogens is 254 g/mol. The summed E-state index contributed by atoms with van der Waals surface area (Å²) < 4.78 is 30.5. The third-order valence-corrected chi connectivity index (χ3v) is 3.22. The number of alkyl halides is 2. The van der Waals surface area contributed by atoms with E-state index in [1.165, 1.54) is 0 Å². The van der Waals surface area contributed by atoms with E-state index in [2.05, 4.69) is 14.9 Å². The Balaban J connectivity index is 1.65. The van der Waals surface area contributed by atoms with Crippen LogP contribution in [0.5, 0.6) is 0 Å². The number of piperazine rings is 1. The quantitative estimate of drug-likeness (QED) is 0.719. The van der Waals surface area contributed by atoms with Gasteiger partial charge in [0.15, 0.2) is 0 Å². The van der Waals surface area contributed by atoms with Gasteiger partial charge in [-0.3, -0.25) is 9.58 Å². The highest BCUT2D eigenvalue weighted by Gasteiger charge is 2.17. The van der Waals surface area contributed by atoms with Crippen molar-refractivity contribution in [2.24, 2.45) is 7.05 Å². The van der Waals surface area contributed by atoms with Crippen LogP contribution in [0.4, 0.5) is 14.5 Å². The highest BCUT2D eigenvalue weighted by Crippen LogP contribution is 2.14. The summed E-state index contributed by atoms with van der Waals surface area (Å²) in [6, 6.07) is 0. The number of anilines is 1. The third kappa shape index (κ3) is 4.43. The lowest BCUT2D eigenvalue weighted by molar-refractivity contribution is 0.00939. The molecule has 0 N–H and O–H groups in total. The van der Waals surface area contributed by atoms with Crippen LogP contribution >= 0.6 is 0 Å². The topological polar surface area (TPSA) is 33.5 Å². The minimum absolute atomic E-state index is 0.372. The van der Waals surface area contributed by atoms with Gasteiger partial charge in [0, 0.05) is 46.0 Å². The summed E-state index contributed by atoms with van der Waals surface area (Å²) in [7, 11) is 1.90. The van der Waals surface area contributed by atoms with Crippen molar-refractivity contribution in [2.45, 2.75) is 6.43 Å². The van der Waals surface area contributed by atoms with Crippen molar-refractivity contribution in [2.75, 3.05) is 50.8 Å². The fourth-order valence-corrected chi connectivity index (χ4v) is 2.17. The standard InChI is InChI=1S/C12H20F2N4O/c1-16-9-11(8-15-16)18-4-2-17(3-5-18)6-7-19-10-12(13)14/h8-9,12H,2-7,10H2,1H3. The van der Waals surface area contributed by atoms with Crippen molar-refractivity contribution < 1.29 is 13.5 Å². The van der Waals surface area contributed by atoms with Crippen LogP contribution in [0, 0.1) is 0 Å². The van der Waals surface area contributed by atoms with E-state index in [1.54, 1.807) is 4.68 Å². The molecule has 0 radical (unpaired) electrons. The zero-order chi connectivity index (χ0) is 13.7. The maximum absolute atomic E-state index is 11.9. The first-order valence-corrected chi connectivity index (χ1v) is 6.47. The SMILES string of the molecule is Cn1cc(N2CCN(CCOCC(F)F)CC2)cn1. The molecule has 1 aliphatic heterocycles. The summed E-state index contributed by atoms with van der Waals surface area (Å²) in [4.78, 5) is 4.52. The molecular formula is C12H20F2N4O. The Kier molecular flexibility index (Phi) is 5.09. The lowest BCUT2D eigenvalue weighted by Crippen LogP contribution is -2.47. The van der Waals surface area contributed by atoms with Crippen molar-refractivity contribution in [1.29, 1.82) is 0 Å². The minimum atomic E-state index is -2.37. The monoisotopic (exact) mass is 274 g/mol. The number of aromatic nitrogens is 2. The average Bonchev–Trinajstić information content (AvgIpc) is 2.82. The molecule has 0 saturated carbocycles. The molecule has 1 aromatic rings. The maximum atomic E-state index is 11.9. The lowest BCUT2D eigenvalue weighted by Gasteiger charge is -2.35. The molecule has 5 nitrogen and oxygen atoms in total. The number of nitrogens with zero attached hydrogens (tertiary/aromatic N) is 4. The van der Waals surface area contributed by atoms with E-state index in [1.807, 2.05) is 19.4 Å². The second kappa shape index (κ2) is 6.81. The first-order chi connectivity index (χ1) is 9.15. The van der Waals surface area contributed by atoms with Gasteiger partial charge >= 0.3 is 0 Å². The van der Waals surface area contributed by atoms with Crippen molar-refractivity contribution >= 4 is 5.69 Å². The first kappa shape index (κ1) is 14.2. The highest BCUT2D eigenvalue weighted by molar-refractivity contribution is 5.42. The number of rotatable bonds is 6. The maximum Gasteiger partial charge on any atom is 0.261 e. The zero-order valence-corrected chi connectivity index (χ0v) is 11.1. The zero-order valence-electron chi connectivity index (χ0n) is 11.1. The molecule has 0 bridgehead atoms. The molecule has 0 unspecified atom stereocenters. The second-order valence-electron chi connectivity index (χ2n) is 4.67. The van der Waals surface area contributed by atoms with Crippen LogP contribution in [0.1, 0.15) is 0 Å². The predicted octanol–water partition coefficient (Wildman–Crippen LogP) is 0.824. The van der Waals surface area contributed by atoms with E-state index < -0.39 is 13.0 Å². The van der Waals surface area contributed by atoms with Gasteiger partial charge in [-0.2, -0.15) is 5.10 Å². The van der Waals surface area contributed by atoms with E-state index in [0.717, 1.165) is 31.9 Å². The van der Waals surface area contributed by atoms with Gasteiger partial charge < -0.3 is 9.64 Å². The van der Waals surface area contributed by atoms with Crippen molar-refractivity contribution in [3.05, 3.63) is 12.4 Å². The normalized spacial score (nSPS) is 17.4. The number of hydrogen-bond acceptors (Lipinski definition) is 4. The molecule has 1 aliphatic rings. The summed E-state index contributed by atoms with van der Waals surface area (Å²) in [5, 5.41) is 4.16. The number of ether oxygens (including phenoxy) is 1. The van der Waals surface area contributed by atoms with Crippen molar-refractivity contribution in [3.63, 3.8) is 0 Å². The van der Waals surface area contributed by atoms with Gasteiger partial charge in [-0.05, 0) is 0 Å². The average molecular weight is 274 g/mol. The van der Waals surface area contributed by atoms with Crippen LogP contribution < -0.4 is 4.90 Å². The van der Waals surface area contributed by atoms with Crippen LogP contribution in [-0.4, -0.2) is 67.0 Å². The Bertz CT molecular complexity index is 378. The molecule has 1 fully saturated rings. The van der Waals surface area contributed by atoms with Gasteiger partial charge in [-0.15, -0.1) is 0 Å².